The number of alkyl halides is 1. The fourth-order valence-corrected chi connectivity index (χ4v) is 3.40. The van der Waals surface area contributed by atoms with Crippen LogP contribution in [-0.2, 0) is 9.47 Å². The molecule has 3 unspecified atom stereocenters. The molecule has 0 bridgehead atoms. The second-order valence-electron chi connectivity index (χ2n) is 4.67. The minimum atomic E-state index is 0.381. The van der Waals surface area contributed by atoms with Crippen LogP contribution >= 0.6 is 22.6 Å². The van der Waals surface area contributed by atoms with Crippen LogP contribution in [0.1, 0.15) is 44.9 Å². The van der Waals surface area contributed by atoms with E-state index in [4.69, 9.17) is 9.47 Å². The third-order valence-corrected chi connectivity index (χ3v) is 4.80. The molecule has 2 aliphatic rings. The van der Waals surface area contributed by atoms with Crippen molar-refractivity contribution in [2.24, 2.45) is 0 Å². The molecule has 1 saturated carbocycles. The maximum absolute atomic E-state index is 6.17. The van der Waals surface area contributed by atoms with Gasteiger partial charge in [0.2, 0.25) is 0 Å². The molecule has 88 valence electrons. The first-order chi connectivity index (χ1) is 7.36. The molecule has 1 saturated heterocycles. The molecule has 0 amide bonds. The number of halogens is 1. The standard InChI is InChI=1S/C12H21IO2/c13-11-5-3-1-2-4-6-12(11)15-10-7-8-14-9-10/h10-12H,1-9H2. The Morgan fingerprint density at radius 2 is 1.80 bits per heavy atom. The van der Waals surface area contributed by atoms with Crippen LogP contribution in [0.5, 0.6) is 0 Å². The summed E-state index contributed by atoms with van der Waals surface area (Å²) >= 11 is 2.58. The number of hydrogen-bond donors (Lipinski definition) is 0. The zero-order valence-corrected chi connectivity index (χ0v) is 11.4. The van der Waals surface area contributed by atoms with Crippen molar-refractivity contribution in [2.75, 3.05) is 13.2 Å². The van der Waals surface area contributed by atoms with Gasteiger partial charge in [0.1, 0.15) is 0 Å². The second kappa shape index (κ2) is 6.40. The molecule has 1 aliphatic heterocycles. The lowest BCUT2D eigenvalue weighted by atomic mass is 9.98. The minimum absolute atomic E-state index is 0.381. The minimum Gasteiger partial charge on any atom is -0.379 e. The Bertz CT molecular complexity index is 180. The molecule has 1 aliphatic carbocycles. The van der Waals surface area contributed by atoms with Crippen LogP contribution in [0.15, 0.2) is 0 Å². The third-order valence-electron chi connectivity index (χ3n) is 3.38. The number of rotatable bonds is 2. The largest absolute Gasteiger partial charge is 0.379 e. The second-order valence-corrected chi connectivity index (χ2v) is 6.27. The van der Waals surface area contributed by atoms with E-state index in [1.54, 1.807) is 0 Å². The van der Waals surface area contributed by atoms with Gasteiger partial charge in [0.25, 0.3) is 0 Å². The van der Waals surface area contributed by atoms with Crippen LogP contribution in [-0.4, -0.2) is 29.3 Å². The Morgan fingerprint density at radius 3 is 2.53 bits per heavy atom. The fraction of sp³-hybridized carbons (Fsp3) is 1.00. The molecule has 2 rings (SSSR count). The average Bonchev–Trinajstić information content (AvgIpc) is 2.70. The van der Waals surface area contributed by atoms with Crippen LogP contribution in [0.4, 0.5) is 0 Å². The Balaban J connectivity index is 1.80. The lowest BCUT2D eigenvalue weighted by Crippen LogP contribution is -2.30. The average molecular weight is 324 g/mol. The summed E-state index contributed by atoms with van der Waals surface area (Å²) in [5, 5.41) is 0. The normalized spacial score (nSPS) is 38.6. The molecule has 1 heterocycles. The van der Waals surface area contributed by atoms with E-state index in [0.717, 1.165) is 19.6 Å². The predicted molar refractivity (Wildman–Crippen MR) is 69.6 cm³/mol. The molecule has 0 aromatic rings. The SMILES string of the molecule is IC1CCCCCCC1OC1CCOC1. The first kappa shape index (κ1) is 12.1. The highest BCUT2D eigenvalue weighted by atomic mass is 127. The molecule has 0 spiro atoms. The van der Waals surface area contributed by atoms with Gasteiger partial charge >= 0.3 is 0 Å². The van der Waals surface area contributed by atoms with Crippen molar-refractivity contribution < 1.29 is 9.47 Å². The van der Waals surface area contributed by atoms with Crippen molar-refractivity contribution in [2.45, 2.75) is 61.1 Å². The predicted octanol–water partition coefficient (Wildman–Crippen LogP) is 3.32. The lowest BCUT2D eigenvalue weighted by Gasteiger charge is -2.27. The van der Waals surface area contributed by atoms with Gasteiger partial charge in [-0.3, -0.25) is 0 Å². The van der Waals surface area contributed by atoms with Crippen molar-refractivity contribution >= 4 is 22.6 Å². The summed E-state index contributed by atoms with van der Waals surface area (Å²) < 4.78 is 12.2. The van der Waals surface area contributed by atoms with E-state index in [2.05, 4.69) is 22.6 Å². The van der Waals surface area contributed by atoms with Gasteiger partial charge in [-0.2, -0.15) is 0 Å². The molecular weight excluding hydrogens is 303 g/mol. The summed E-state index contributed by atoms with van der Waals surface area (Å²) in [7, 11) is 0. The molecule has 0 aromatic carbocycles. The van der Waals surface area contributed by atoms with E-state index < -0.39 is 0 Å². The molecule has 2 fully saturated rings. The Kier molecular flexibility index (Phi) is 5.17. The van der Waals surface area contributed by atoms with Crippen LogP contribution in [0.2, 0.25) is 0 Å². The fourth-order valence-electron chi connectivity index (χ4n) is 2.43. The maximum atomic E-state index is 6.17. The summed E-state index contributed by atoms with van der Waals surface area (Å²) in [6.45, 7) is 1.71. The van der Waals surface area contributed by atoms with E-state index in [0.29, 0.717) is 16.1 Å². The maximum Gasteiger partial charge on any atom is 0.0834 e. The summed E-state index contributed by atoms with van der Waals surface area (Å²) in [4.78, 5) is 0. The van der Waals surface area contributed by atoms with E-state index in [-0.39, 0.29) is 0 Å². The van der Waals surface area contributed by atoms with Crippen LogP contribution in [0.3, 0.4) is 0 Å². The van der Waals surface area contributed by atoms with Gasteiger partial charge in [-0.25, -0.2) is 0 Å². The number of hydrogen-bond acceptors (Lipinski definition) is 2. The zero-order valence-electron chi connectivity index (χ0n) is 9.29. The number of ether oxygens (including phenoxy) is 2. The van der Waals surface area contributed by atoms with E-state index >= 15 is 0 Å². The molecule has 3 atom stereocenters. The van der Waals surface area contributed by atoms with Gasteiger partial charge in [0, 0.05) is 10.5 Å². The smallest absolute Gasteiger partial charge is 0.0834 e. The molecule has 0 radical (unpaired) electrons. The molecular formula is C12H21IO2. The van der Waals surface area contributed by atoms with Gasteiger partial charge < -0.3 is 9.47 Å². The van der Waals surface area contributed by atoms with Crippen molar-refractivity contribution in [1.29, 1.82) is 0 Å². The highest BCUT2D eigenvalue weighted by Crippen LogP contribution is 2.27. The van der Waals surface area contributed by atoms with Crippen LogP contribution in [0.25, 0.3) is 0 Å². The summed E-state index contributed by atoms with van der Waals surface area (Å²) in [5.74, 6) is 0. The Morgan fingerprint density at radius 1 is 1.00 bits per heavy atom. The lowest BCUT2D eigenvalue weighted by molar-refractivity contribution is -0.0215. The first-order valence-electron chi connectivity index (χ1n) is 6.23. The first-order valence-corrected chi connectivity index (χ1v) is 7.48. The zero-order chi connectivity index (χ0) is 10.5. The van der Waals surface area contributed by atoms with E-state index in [1.165, 1.54) is 38.5 Å². The molecule has 0 N–H and O–H groups in total. The highest BCUT2D eigenvalue weighted by Gasteiger charge is 2.26. The highest BCUT2D eigenvalue weighted by molar-refractivity contribution is 14.1. The molecule has 15 heavy (non-hydrogen) atoms. The monoisotopic (exact) mass is 324 g/mol. The molecule has 2 nitrogen and oxygen atoms in total. The van der Waals surface area contributed by atoms with Gasteiger partial charge in [-0.05, 0) is 19.3 Å². The van der Waals surface area contributed by atoms with Crippen molar-refractivity contribution in [3.63, 3.8) is 0 Å². The van der Waals surface area contributed by atoms with Crippen molar-refractivity contribution in [1.82, 2.24) is 0 Å². The van der Waals surface area contributed by atoms with Crippen LogP contribution in [0, 0.1) is 0 Å². The Labute approximate surface area is 106 Å². The summed E-state index contributed by atoms with van der Waals surface area (Å²) in [5.41, 5.74) is 0. The van der Waals surface area contributed by atoms with Crippen LogP contribution < -0.4 is 0 Å². The van der Waals surface area contributed by atoms with Gasteiger partial charge in [-0.1, -0.05) is 48.3 Å². The van der Waals surface area contributed by atoms with E-state index in [9.17, 15) is 0 Å². The summed E-state index contributed by atoms with van der Waals surface area (Å²) in [6.07, 6.45) is 10.1. The quantitative estimate of drug-likeness (QED) is 0.573. The van der Waals surface area contributed by atoms with E-state index in [1.807, 2.05) is 0 Å². The summed E-state index contributed by atoms with van der Waals surface area (Å²) in [6, 6.07) is 0. The van der Waals surface area contributed by atoms with Gasteiger partial charge in [-0.15, -0.1) is 0 Å². The van der Waals surface area contributed by atoms with Crippen molar-refractivity contribution in [3.8, 4) is 0 Å². The van der Waals surface area contributed by atoms with Crippen molar-refractivity contribution in [3.05, 3.63) is 0 Å². The van der Waals surface area contributed by atoms with Gasteiger partial charge in [0.15, 0.2) is 0 Å². The Hall–Kier alpha value is 0.650. The van der Waals surface area contributed by atoms with Gasteiger partial charge in [0.05, 0.1) is 18.8 Å². The molecule has 3 heteroatoms. The molecule has 0 aromatic heterocycles. The topological polar surface area (TPSA) is 18.5 Å². The third kappa shape index (κ3) is 3.86.